The van der Waals surface area contributed by atoms with Gasteiger partial charge in [0.1, 0.15) is 11.8 Å². The SMILES string of the molecule is COC(=O)[C@H](CSC(=O)[C@@H](C)c1ccc2cc(OC)ccc2c1)NC(C)=O. The van der Waals surface area contributed by atoms with Crippen molar-refractivity contribution in [2.24, 2.45) is 0 Å². The smallest absolute Gasteiger partial charge is 0.329 e. The predicted molar refractivity (Wildman–Crippen MR) is 106 cm³/mol. The molecule has 0 bridgehead atoms. The molecule has 1 N–H and O–H groups in total. The van der Waals surface area contributed by atoms with Gasteiger partial charge in [-0.3, -0.25) is 9.59 Å². The number of ether oxygens (including phenoxy) is 2. The number of rotatable bonds is 7. The summed E-state index contributed by atoms with van der Waals surface area (Å²) in [5.74, 6) is -0.367. The monoisotopic (exact) mass is 389 g/mol. The Morgan fingerprint density at radius 2 is 1.74 bits per heavy atom. The molecule has 0 saturated heterocycles. The van der Waals surface area contributed by atoms with Gasteiger partial charge in [-0.05, 0) is 28.5 Å². The van der Waals surface area contributed by atoms with Crippen LogP contribution in [-0.2, 0) is 19.1 Å². The first-order chi connectivity index (χ1) is 12.8. The minimum atomic E-state index is -0.849. The summed E-state index contributed by atoms with van der Waals surface area (Å²) >= 11 is 1.01. The third-order valence-electron chi connectivity index (χ3n) is 4.18. The van der Waals surface area contributed by atoms with E-state index in [0.29, 0.717) is 0 Å². The molecule has 6 nitrogen and oxygen atoms in total. The first kappa shape index (κ1) is 20.8. The molecule has 144 valence electrons. The number of fused-ring (bicyclic) bond motifs is 1. The third kappa shape index (κ3) is 5.47. The fourth-order valence-corrected chi connectivity index (χ4v) is 3.56. The number of carbonyl (C=O) groups excluding carboxylic acids is 3. The Bertz CT molecular complexity index is 851. The Labute approximate surface area is 162 Å². The van der Waals surface area contributed by atoms with Gasteiger partial charge in [0, 0.05) is 12.7 Å². The fourth-order valence-electron chi connectivity index (χ4n) is 2.62. The van der Waals surface area contributed by atoms with Crippen molar-refractivity contribution in [3.8, 4) is 5.75 Å². The summed E-state index contributed by atoms with van der Waals surface area (Å²) in [6, 6.07) is 10.8. The number of esters is 1. The molecule has 0 aliphatic rings. The van der Waals surface area contributed by atoms with Crippen LogP contribution in [0, 0.1) is 0 Å². The van der Waals surface area contributed by atoms with E-state index in [2.05, 4.69) is 10.1 Å². The van der Waals surface area contributed by atoms with E-state index in [1.54, 1.807) is 7.11 Å². The average molecular weight is 389 g/mol. The lowest BCUT2D eigenvalue weighted by Gasteiger charge is -2.16. The van der Waals surface area contributed by atoms with Gasteiger partial charge in [-0.1, -0.05) is 43.0 Å². The summed E-state index contributed by atoms with van der Waals surface area (Å²) in [7, 11) is 2.87. The summed E-state index contributed by atoms with van der Waals surface area (Å²) in [5.41, 5.74) is 0.888. The highest BCUT2D eigenvalue weighted by atomic mass is 32.2. The number of carbonyl (C=O) groups is 3. The van der Waals surface area contributed by atoms with Crippen LogP contribution in [0.4, 0.5) is 0 Å². The van der Waals surface area contributed by atoms with Gasteiger partial charge in [-0.15, -0.1) is 0 Å². The minimum absolute atomic E-state index is 0.0814. The molecule has 0 spiro atoms. The van der Waals surface area contributed by atoms with Crippen molar-refractivity contribution in [3.05, 3.63) is 42.0 Å². The lowest BCUT2D eigenvalue weighted by atomic mass is 9.99. The molecule has 0 fully saturated rings. The molecule has 2 atom stereocenters. The van der Waals surface area contributed by atoms with Crippen LogP contribution >= 0.6 is 11.8 Å². The molecule has 0 aliphatic carbocycles. The molecular formula is C20H23NO5S. The molecule has 0 aromatic heterocycles. The summed E-state index contributed by atoms with van der Waals surface area (Å²) in [4.78, 5) is 35.5. The number of benzene rings is 2. The zero-order valence-corrected chi connectivity index (χ0v) is 16.6. The van der Waals surface area contributed by atoms with Gasteiger partial charge >= 0.3 is 5.97 Å². The molecule has 7 heteroatoms. The predicted octanol–water partition coefficient (Wildman–Crippen LogP) is 2.89. The van der Waals surface area contributed by atoms with Gasteiger partial charge < -0.3 is 14.8 Å². The van der Waals surface area contributed by atoms with Crippen LogP contribution < -0.4 is 10.1 Å². The molecule has 0 heterocycles. The Morgan fingerprint density at radius 3 is 2.37 bits per heavy atom. The second-order valence-electron chi connectivity index (χ2n) is 6.10. The average Bonchev–Trinajstić information content (AvgIpc) is 2.68. The van der Waals surface area contributed by atoms with Crippen LogP contribution in [0.3, 0.4) is 0 Å². The fraction of sp³-hybridized carbons (Fsp3) is 0.350. The highest BCUT2D eigenvalue weighted by molar-refractivity contribution is 8.13. The topological polar surface area (TPSA) is 81.7 Å². The zero-order chi connectivity index (χ0) is 20.0. The second kappa shape index (κ2) is 9.41. The Hall–Kier alpha value is -2.54. The molecule has 0 unspecified atom stereocenters. The van der Waals surface area contributed by atoms with E-state index in [1.165, 1.54) is 14.0 Å². The highest BCUT2D eigenvalue weighted by Crippen LogP contribution is 2.28. The number of methoxy groups -OCH3 is 2. The number of amides is 1. The van der Waals surface area contributed by atoms with Crippen molar-refractivity contribution in [2.75, 3.05) is 20.0 Å². The third-order valence-corrected chi connectivity index (χ3v) is 5.32. The zero-order valence-electron chi connectivity index (χ0n) is 15.8. The van der Waals surface area contributed by atoms with Crippen LogP contribution in [0.15, 0.2) is 36.4 Å². The van der Waals surface area contributed by atoms with E-state index in [0.717, 1.165) is 33.8 Å². The normalized spacial score (nSPS) is 12.9. The molecule has 1 amide bonds. The number of nitrogens with one attached hydrogen (secondary N) is 1. The molecule has 2 aromatic carbocycles. The lowest BCUT2D eigenvalue weighted by Crippen LogP contribution is -2.42. The van der Waals surface area contributed by atoms with Crippen molar-refractivity contribution < 1.29 is 23.9 Å². The maximum Gasteiger partial charge on any atom is 0.329 e. The molecule has 0 saturated carbocycles. The molecule has 2 rings (SSSR count). The van der Waals surface area contributed by atoms with Crippen LogP contribution in [0.2, 0.25) is 0 Å². The Balaban J connectivity index is 2.08. The lowest BCUT2D eigenvalue weighted by molar-refractivity contribution is -0.144. The van der Waals surface area contributed by atoms with E-state index >= 15 is 0 Å². The van der Waals surface area contributed by atoms with Crippen molar-refractivity contribution in [1.82, 2.24) is 5.32 Å². The van der Waals surface area contributed by atoms with E-state index < -0.39 is 12.0 Å². The second-order valence-corrected chi connectivity index (χ2v) is 7.12. The Kier molecular flexibility index (Phi) is 7.24. The molecule has 0 radical (unpaired) electrons. The van der Waals surface area contributed by atoms with E-state index in [4.69, 9.17) is 4.74 Å². The summed E-state index contributed by atoms with van der Waals surface area (Å²) in [5, 5.41) is 4.47. The number of thioether (sulfide) groups is 1. The van der Waals surface area contributed by atoms with Crippen molar-refractivity contribution >= 4 is 39.5 Å². The number of hydrogen-bond acceptors (Lipinski definition) is 6. The maximum atomic E-state index is 12.6. The minimum Gasteiger partial charge on any atom is -0.497 e. The van der Waals surface area contributed by atoms with E-state index in [9.17, 15) is 14.4 Å². The van der Waals surface area contributed by atoms with Crippen molar-refractivity contribution in [3.63, 3.8) is 0 Å². The molecular weight excluding hydrogens is 366 g/mol. The van der Waals surface area contributed by atoms with Gasteiger partial charge in [0.05, 0.1) is 20.1 Å². The first-order valence-electron chi connectivity index (χ1n) is 8.45. The van der Waals surface area contributed by atoms with Gasteiger partial charge in [0.2, 0.25) is 5.91 Å². The van der Waals surface area contributed by atoms with Crippen LogP contribution in [-0.4, -0.2) is 43.0 Å². The van der Waals surface area contributed by atoms with E-state index in [1.807, 2.05) is 43.3 Å². The van der Waals surface area contributed by atoms with E-state index in [-0.39, 0.29) is 22.7 Å². The van der Waals surface area contributed by atoms with Crippen molar-refractivity contribution in [1.29, 1.82) is 0 Å². The number of hydrogen-bond donors (Lipinski definition) is 1. The van der Waals surface area contributed by atoms with Crippen molar-refractivity contribution in [2.45, 2.75) is 25.8 Å². The quantitative estimate of drug-likeness (QED) is 0.734. The summed E-state index contributed by atoms with van der Waals surface area (Å²) in [6.07, 6.45) is 0. The van der Waals surface area contributed by atoms with Gasteiger partial charge in [-0.2, -0.15) is 0 Å². The van der Waals surface area contributed by atoms with Gasteiger partial charge in [0.25, 0.3) is 0 Å². The van der Waals surface area contributed by atoms with Crippen LogP contribution in [0.5, 0.6) is 5.75 Å². The highest BCUT2D eigenvalue weighted by Gasteiger charge is 2.24. The Morgan fingerprint density at radius 1 is 1.07 bits per heavy atom. The standard InChI is InChI=1S/C20H23NO5S/c1-12(20(24)27-11-18(19(23)26-4)21-13(2)22)14-5-6-16-10-17(25-3)8-7-15(16)9-14/h5-10,12,18H,11H2,1-4H3,(H,21,22)/t12-,18-/m0/s1. The van der Waals surface area contributed by atoms with Crippen LogP contribution in [0.1, 0.15) is 25.3 Å². The maximum absolute atomic E-state index is 12.6. The van der Waals surface area contributed by atoms with Crippen LogP contribution in [0.25, 0.3) is 10.8 Å². The van der Waals surface area contributed by atoms with Gasteiger partial charge in [0.15, 0.2) is 5.12 Å². The van der Waals surface area contributed by atoms with Gasteiger partial charge in [-0.25, -0.2) is 4.79 Å². The molecule has 2 aromatic rings. The molecule has 0 aliphatic heterocycles. The summed E-state index contributed by atoms with van der Waals surface area (Å²) in [6.45, 7) is 3.14. The molecule has 27 heavy (non-hydrogen) atoms. The summed E-state index contributed by atoms with van der Waals surface area (Å²) < 4.78 is 9.89. The largest absolute Gasteiger partial charge is 0.497 e. The first-order valence-corrected chi connectivity index (χ1v) is 9.43.